The molecule has 1 aromatic rings. The van der Waals surface area contributed by atoms with Gasteiger partial charge < -0.3 is 5.11 Å². The number of hydrogen-bond acceptors (Lipinski definition) is 3. The van der Waals surface area contributed by atoms with Crippen molar-refractivity contribution in [2.24, 2.45) is 0 Å². The van der Waals surface area contributed by atoms with E-state index in [-0.39, 0.29) is 5.75 Å². The van der Waals surface area contributed by atoms with Gasteiger partial charge in [-0.1, -0.05) is 28.1 Å². The fraction of sp³-hybridized carbons (Fsp3) is 0.300. The van der Waals surface area contributed by atoms with Crippen molar-refractivity contribution in [3.8, 4) is 0 Å². The van der Waals surface area contributed by atoms with Crippen molar-refractivity contribution in [2.45, 2.75) is 18.7 Å². The summed E-state index contributed by atoms with van der Waals surface area (Å²) in [5.41, 5.74) is 0.596. The number of carboxylic acid groups (broad SMARTS) is 1. The first-order valence-corrected chi connectivity index (χ1v) is 7.22. The van der Waals surface area contributed by atoms with Gasteiger partial charge in [0.1, 0.15) is 6.04 Å². The third-order valence-electron chi connectivity index (χ3n) is 2.00. The van der Waals surface area contributed by atoms with E-state index >= 15 is 0 Å². The quantitative estimate of drug-likeness (QED) is 0.857. The predicted octanol–water partition coefficient (Wildman–Crippen LogP) is 1.34. The van der Waals surface area contributed by atoms with E-state index in [0.29, 0.717) is 5.56 Å². The van der Waals surface area contributed by atoms with Crippen LogP contribution in [0.2, 0.25) is 0 Å². The van der Waals surface area contributed by atoms with Gasteiger partial charge in [-0.05, 0) is 24.6 Å². The van der Waals surface area contributed by atoms with Crippen LogP contribution >= 0.6 is 15.9 Å². The summed E-state index contributed by atoms with van der Waals surface area (Å²) in [6, 6.07) is 5.65. The van der Waals surface area contributed by atoms with Gasteiger partial charge in [-0.25, -0.2) is 13.1 Å². The van der Waals surface area contributed by atoms with Crippen LogP contribution in [0.15, 0.2) is 28.7 Å². The zero-order chi connectivity index (χ0) is 13.1. The number of sulfonamides is 1. The normalized spacial score (nSPS) is 13.3. The number of hydrogen-bond donors (Lipinski definition) is 2. The van der Waals surface area contributed by atoms with Crippen LogP contribution < -0.4 is 4.72 Å². The molecule has 0 bridgehead atoms. The molecule has 7 heteroatoms. The largest absolute Gasteiger partial charge is 0.480 e. The van der Waals surface area contributed by atoms with Crippen molar-refractivity contribution in [2.75, 3.05) is 0 Å². The van der Waals surface area contributed by atoms with E-state index in [9.17, 15) is 13.2 Å². The van der Waals surface area contributed by atoms with Crippen molar-refractivity contribution < 1.29 is 18.3 Å². The first kappa shape index (κ1) is 14.1. The summed E-state index contributed by atoms with van der Waals surface area (Å²) in [6.07, 6.45) is 0. The van der Waals surface area contributed by atoms with E-state index in [1.54, 1.807) is 24.3 Å². The van der Waals surface area contributed by atoms with Gasteiger partial charge >= 0.3 is 5.97 Å². The Balaban J connectivity index is 2.73. The van der Waals surface area contributed by atoms with Crippen LogP contribution in [0.5, 0.6) is 0 Å². The highest BCUT2D eigenvalue weighted by Gasteiger charge is 2.19. The van der Waals surface area contributed by atoms with Crippen LogP contribution in [0.1, 0.15) is 12.5 Å². The van der Waals surface area contributed by atoms with E-state index in [0.717, 1.165) is 4.47 Å². The van der Waals surface area contributed by atoms with E-state index < -0.39 is 22.0 Å². The summed E-state index contributed by atoms with van der Waals surface area (Å²) in [5, 5.41) is 8.61. The number of carboxylic acids is 1. The second kappa shape index (κ2) is 5.61. The number of benzene rings is 1. The standard InChI is InChI=1S/C10H12BrNO4S/c1-7(10(13)14)12-17(15,16)6-8-2-4-9(11)5-3-8/h2-5,7,12H,6H2,1H3,(H,13,14)/t7-/m1/s1. The second-order valence-electron chi connectivity index (χ2n) is 3.56. The molecule has 0 aromatic heterocycles. The van der Waals surface area contributed by atoms with E-state index in [4.69, 9.17) is 5.11 Å². The van der Waals surface area contributed by atoms with Crippen LogP contribution in [0.3, 0.4) is 0 Å². The lowest BCUT2D eigenvalue weighted by molar-refractivity contribution is -0.138. The Bertz CT molecular complexity index is 498. The maximum Gasteiger partial charge on any atom is 0.321 e. The van der Waals surface area contributed by atoms with Crippen LogP contribution in [0.4, 0.5) is 0 Å². The van der Waals surface area contributed by atoms with Gasteiger partial charge in [0, 0.05) is 4.47 Å². The van der Waals surface area contributed by atoms with Crippen molar-refractivity contribution in [1.82, 2.24) is 4.72 Å². The minimum atomic E-state index is -3.64. The summed E-state index contributed by atoms with van der Waals surface area (Å²) >= 11 is 3.24. The molecule has 94 valence electrons. The summed E-state index contributed by atoms with van der Waals surface area (Å²) in [5.74, 6) is -1.44. The number of rotatable bonds is 5. The SMILES string of the molecule is C[C@@H](NS(=O)(=O)Cc1ccc(Br)cc1)C(=O)O. The molecule has 0 amide bonds. The predicted molar refractivity (Wildman–Crippen MR) is 67.0 cm³/mol. The summed E-state index contributed by atoms with van der Waals surface area (Å²) in [6.45, 7) is 1.28. The first-order valence-electron chi connectivity index (χ1n) is 4.77. The molecule has 0 aliphatic carbocycles. The van der Waals surface area contributed by atoms with Gasteiger partial charge in [-0.15, -0.1) is 0 Å². The van der Waals surface area contributed by atoms with Gasteiger partial charge in [-0.2, -0.15) is 0 Å². The Morgan fingerprint density at radius 2 is 1.94 bits per heavy atom. The Kier molecular flexibility index (Phi) is 4.67. The maximum atomic E-state index is 11.6. The Morgan fingerprint density at radius 3 is 2.41 bits per heavy atom. The summed E-state index contributed by atoms with van der Waals surface area (Å²) in [7, 11) is -3.64. The second-order valence-corrected chi connectivity index (χ2v) is 6.23. The number of halogens is 1. The molecule has 17 heavy (non-hydrogen) atoms. The van der Waals surface area contributed by atoms with Gasteiger partial charge in [-0.3, -0.25) is 4.79 Å². The molecule has 1 atom stereocenters. The van der Waals surface area contributed by atoms with Gasteiger partial charge in [0.2, 0.25) is 10.0 Å². The smallest absolute Gasteiger partial charge is 0.321 e. The van der Waals surface area contributed by atoms with Crippen molar-refractivity contribution in [1.29, 1.82) is 0 Å². The Morgan fingerprint density at radius 1 is 1.41 bits per heavy atom. The molecule has 0 radical (unpaired) electrons. The van der Waals surface area contributed by atoms with E-state index in [2.05, 4.69) is 20.7 Å². The van der Waals surface area contributed by atoms with Crippen LogP contribution in [-0.2, 0) is 20.6 Å². The highest BCUT2D eigenvalue weighted by atomic mass is 79.9. The lowest BCUT2D eigenvalue weighted by Gasteiger charge is -2.10. The van der Waals surface area contributed by atoms with E-state index in [1.165, 1.54) is 6.92 Å². The Hall–Kier alpha value is -0.920. The molecule has 0 spiro atoms. The molecule has 0 saturated carbocycles. The topological polar surface area (TPSA) is 83.5 Å². The Labute approximate surface area is 108 Å². The molecule has 1 rings (SSSR count). The molecule has 0 heterocycles. The number of aliphatic carboxylic acids is 1. The number of nitrogens with one attached hydrogen (secondary N) is 1. The molecule has 0 aliphatic rings. The molecule has 2 N–H and O–H groups in total. The molecular formula is C10H12BrNO4S. The number of carbonyl (C=O) groups is 1. The first-order chi connectivity index (χ1) is 7.80. The molecular weight excluding hydrogens is 310 g/mol. The lowest BCUT2D eigenvalue weighted by atomic mass is 10.2. The summed E-state index contributed by atoms with van der Waals surface area (Å²) in [4.78, 5) is 10.5. The fourth-order valence-electron chi connectivity index (χ4n) is 1.16. The minimum absolute atomic E-state index is 0.238. The molecule has 1 aromatic carbocycles. The van der Waals surface area contributed by atoms with E-state index in [1.807, 2.05) is 0 Å². The average Bonchev–Trinajstić information content (AvgIpc) is 2.20. The van der Waals surface area contributed by atoms with Crippen molar-refractivity contribution in [3.63, 3.8) is 0 Å². The monoisotopic (exact) mass is 321 g/mol. The van der Waals surface area contributed by atoms with Crippen molar-refractivity contribution >= 4 is 31.9 Å². The molecule has 0 fully saturated rings. The lowest BCUT2D eigenvalue weighted by Crippen LogP contribution is -2.38. The molecule has 5 nitrogen and oxygen atoms in total. The zero-order valence-corrected chi connectivity index (χ0v) is 11.5. The third kappa shape index (κ3) is 4.84. The van der Waals surface area contributed by atoms with Gasteiger partial charge in [0.25, 0.3) is 0 Å². The minimum Gasteiger partial charge on any atom is -0.480 e. The van der Waals surface area contributed by atoms with Gasteiger partial charge in [0.05, 0.1) is 5.75 Å². The molecule has 0 aliphatic heterocycles. The third-order valence-corrected chi connectivity index (χ3v) is 3.95. The summed E-state index contributed by atoms with van der Waals surface area (Å²) < 4.78 is 26.2. The fourth-order valence-corrected chi connectivity index (χ4v) is 2.78. The highest BCUT2D eigenvalue weighted by molar-refractivity contribution is 9.10. The van der Waals surface area contributed by atoms with Crippen LogP contribution in [0, 0.1) is 0 Å². The van der Waals surface area contributed by atoms with Crippen LogP contribution in [0.25, 0.3) is 0 Å². The highest BCUT2D eigenvalue weighted by Crippen LogP contribution is 2.12. The molecule has 0 saturated heterocycles. The zero-order valence-electron chi connectivity index (χ0n) is 9.05. The van der Waals surface area contributed by atoms with Gasteiger partial charge in [0.15, 0.2) is 0 Å². The molecule has 0 unspecified atom stereocenters. The average molecular weight is 322 g/mol. The van der Waals surface area contributed by atoms with Crippen molar-refractivity contribution in [3.05, 3.63) is 34.3 Å². The maximum absolute atomic E-state index is 11.6. The van der Waals surface area contributed by atoms with Crippen LogP contribution in [-0.4, -0.2) is 25.5 Å².